The number of hydrogen-bond donors (Lipinski definition) is 1. The van der Waals surface area contributed by atoms with Crippen molar-refractivity contribution >= 4 is 23.1 Å². The van der Waals surface area contributed by atoms with Crippen LogP contribution in [-0.2, 0) is 0 Å². The Hall–Kier alpha value is -2.66. The molecule has 0 spiro atoms. The molecule has 3 rings (SSSR count). The zero-order valence-electron chi connectivity index (χ0n) is 17.3. The Morgan fingerprint density at radius 1 is 1.10 bits per heavy atom. The zero-order chi connectivity index (χ0) is 20.8. The van der Waals surface area contributed by atoms with E-state index in [0.717, 1.165) is 42.0 Å². The fraction of sp³-hybridized carbons (Fsp3) is 0.333. The molecule has 1 aliphatic rings. The number of carbonyl (C=O) groups excluding carboxylic acids is 1. The molecule has 0 radical (unpaired) electrons. The molecule has 0 saturated heterocycles. The third-order valence-electron chi connectivity index (χ3n) is 4.99. The molecule has 1 atom stereocenters. The van der Waals surface area contributed by atoms with Gasteiger partial charge in [0.2, 0.25) is 0 Å². The molecule has 2 aromatic carbocycles. The first-order valence-electron chi connectivity index (χ1n) is 10.2. The van der Waals surface area contributed by atoms with E-state index in [1.165, 1.54) is 0 Å². The predicted octanol–water partition coefficient (Wildman–Crippen LogP) is 5.27. The van der Waals surface area contributed by atoms with Gasteiger partial charge < -0.3 is 15.0 Å². The molecular formula is C24H28N2O2S. The Kier molecular flexibility index (Phi) is 7.04. The van der Waals surface area contributed by atoms with Crippen LogP contribution in [0.5, 0.6) is 5.75 Å². The number of Topliss-reactive ketones (excluding diaryl/α,β-unsaturated/α-hetero) is 1. The topological polar surface area (TPSA) is 41.6 Å². The minimum Gasteiger partial charge on any atom is -0.494 e. The predicted molar refractivity (Wildman–Crippen MR) is 121 cm³/mol. The molecule has 1 N–H and O–H groups in total. The van der Waals surface area contributed by atoms with Gasteiger partial charge in [0.1, 0.15) is 5.75 Å². The molecule has 1 heterocycles. The number of hydrogen-bond acceptors (Lipinski definition) is 3. The number of ether oxygens (including phenoxy) is 1. The SMILES string of the molecule is CCCOc1cccc(C2NC(=S)N(CCC)C(C)=C2C(=O)c2ccccc2)c1. The summed E-state index contributed by atoms with van der Waals surface area (Å²) >= 11 is 5.64. The number of nitrogens with zero attached hydrogens (tertiary/aromatic N) is 1. The molecule has 0 fully saturated rings. The maximum Gasteiger partial charge on any atom is 0.193 e. The highest BCUT2D eigenvalue weighted by Gasteiger charge is 2.34. The Morgan fingerprint density at radius 3 is 2.55 bits per heavy atom. The smallest absolute Gasteiger partial charge is 0.193 e. The average Bonchev–Trinajstić information content (AvgIpc) is 2.75. The van der Waals surface area contributed by atoms with Crippen LogP contribution in [0.4, 0.5) is 0 Å². The highest BCUT2D eigenvalue weighted by Crippen LogP contribution is 2.34. The Bertz CT molecular complexity index is 908. The van der Waals surface area contributed by atoms with Gasteiger partial charge in [-0.1, -0.05) is 56.3 Å². The summed E-state index contributed by atoms with van der Waals surface area (Å²) in [5, 5.41) is 4.06. The summed E-state index contributed by atoms with van der Waals surface area (Å²) in [6.45, 7) is 7.61. The second-order valence-electron chi connectivity index (χ2n) is 7.15. The molecule has 4 nitrogen and oxygen atoms in total. The average molecular weight is 409 g/mol. The minimum absolute atomic E-state index is 0.0177. The second-order valence-corrected chi connectivity index (χ2v) is 7.54. The van der Waals surface area contributed by atoms with Crippen molar-refractivity contribution in [2.45, 2.75) is 39.7 Å². The molecule has 0 bridgehead atoms. The number of carbonyl (C=O) groups is 1. The van der Waals surface area contributed by atoms with Crippen LogP contribution in [0, 0.1) is 0 Å². The largest absolute Gasteiger partial charge is 0.494 e. The Labute approximate surface area is 178 Å². The summed E-state index contributed by atoms with van der Waals surface area (Å²) in [5.41, 5.74) is 3.28. The molecule has 1 aliphatic heterocycles. The summed E-state index contributed by atoms with van der Waals surface area (Å²) in [7, 11) is 0. The van der Waals surface area contributed by atoms with Gasteiger partial charge in [-0.2, -0.15) is 0 Å². The van der Waals surface area contributed by atoms with Crippen LogP contribution in [0.1, 0.15) is 55.6 Å². The van der Waals surface area contributed by atoms with Gasteiger partial charge in [0.15, 0.2) is 10.9 Å². The summed E-state index contributed by atoms with van der Waals surface area (Å²) < 4.78 is 5.81. The van der Waals surface area contributed by atoms with Crippen molar-refractivity contribution in [2.24, 2.45) is 0 Å². The molecule has 29 heavy (non-hydrogen) atoms. The van der Waals surface area contributed by atoms with Crippen molar-refractivity contribution in [3.05, 3.63) is 77.0 Å². The second kappa shape index (κ2) is 9.70. The first-order chi connectivity index (χ1) is 14.1. The van der Waals surface area contributed by atoms with Crippen LogP contribution in [0.2, 0.25) is 0 Å². The lowest BCUT2D eigenvalue weighted by atomic mass is 9.89. The molecule has 1 unspecified atom stereocenters. The quantitative estimate of drug-likeness (QED) is 0.476. The standard InChI is InChI=1S/C24H28N2O2S/c1-4-14-26-17(3)21(23(27)18-10-7-6-8-11-18)22(25-24(26)29)19-12-9-13-20(16-19)28-15-5-2/h6-13,16,22H,4-5,14-15H2,1-3H3,(H,25,29). The summed E-state index contributed by atoms with van der Waals surface area (Å²) in [6.07, 6.45) is 1.88. The normalized spacial score (nSPS) is 16.6. The minimum atomic E-state index is -0.312. The van der Waals surface area contributed by atoms with E-state index in [1.54, 1.807) is 0 Å². The maximum absolute atomic E-state index is 13.5. The third-order valence-corrected chi connectivity index (χ3v) is 5.33. The van der Waals surface area contributed by atoms with Gasteiger partial charge in [0.05, 0.1) is 12.6 Å². The molecule has 2 aromatic rings. The molecule has 0 saturated carbocycles. The maximum atomic E-state index is 13.5. The van der Waals surface area contributed by atoms with Crippen LogP contribution in [0.15, 0.2) is 65.9 Å². The Balaban J connectivity index is 2.06. The van der Waals surface area contributed by atoms with Crippen LogP contribution < -0.4 is 10.1 Å². The van der Waals surface area contributed by atoms with Crippen LogP contribution >= 0.6 is 12.2 Å². The van der Waals surface area contributed by atoms with E-state index >= 15 is 0 Å². The molecule has 5 heteroatoms. The lowest BCUT2D eigenvalue weighted by molar-refractivity contribution is 0.102. The van der Waals surface area contributed by atoms with Crippen LogP contribution in [0.3, 0.4) is 0 Å². The lowest BCUT2D eigenvalue weighted by Crippen LogP contribution is -2.47. The fourth-order valence-electron chi connectivity index (χ4n) is 3.57. The number of nitrogens with one attached hydrogen (secondary N) is 1. The van der Waals surface area contributed by atoms with E-state index in [9.17, 15) is 4.79 Å². The molecule has 152 valence electrons. The van der Waals surface area contributed by atoms with Crippen molar-refractivity contribution in [1.82, 2.24) is 10.2 Å². The van der Waals surface area contributed by atoms with Crippen molar-refractivity contribution in [1.29, 1.82) is 0 Å². The van der Waals surface area contributed by atoms with E-state index < -0.39 is 0 Å². The van der Waals surface area contributed by atoms with Crippen LogP contribution in [0.25, 0.3) is 0 Å². The fourth-order valence-corrected chi connectivity index (χ4v) is 3.91. The van der Waals surface area contributed by atoms with Gasteiger partial charge in [-0.05, 0) is 49.7 Å². The third kappa shape index (κ3) is 4.67. The van der Waals surface area contributed by atoms with Crippen LogP contribution in [-0.4, -0.2) is 28.9 Å². The van der Waals surface area contributed by atoms with E-state index in [-0.39, 0.29) is 11.8 Å². The molecular weight excluding hydrogens is 380 g/mol. The van der Waals surface area contributed by atoms with E-state index in [0.29, 0.717) is 17.3 Å². The number of allylic oxidation sites excluding steroid dienone is 1. The van der Waals surface area contributed by atoms with Gasteiger partial charge in [0, 0.05) is 23.4 Å². The Morgan fingerprint density at radius 2 is 1.86 bits per heavy atom. The first kappa shape index (κ1) is 21.1. The zero-order valence-corrected chi connectivity index (χ0v) is 18.1. The highest BCUT2D eigenvalue weighted by molar-refractivity contribution is 7.80. The lowest BCUT2D eigenvalue weighted by Gasteiger charge is -2.38. The van der Waals surface area contributed by atoms with Gasteiger partial charge in [-0.25, -0.2) is 0 Å². The summed E-state index contributed by atoms with van der Waals surface area (Å²) in [4.78, 5) is 15.5. The van der Waals surface area contributed by atoms with Gasteiger partial charge >= 0.3 is 0 Å². The molecule has 0 aromatic heterocycles. The van der Waals surface area contributed by atoms with Gasteiger partial charge in [-0.15, -0.1) is 0 Å². The van der Waals surface area contributed by atoms with Gasteiger partial charge in [0.25, 0.3) is 0 Å². The van der Waals surface area contributed by atoms with Crippen molar-refractivity contribution in [3.63, 3.8) is 0 Å². The highest BCUT2D eigenvalue weighted by atomic mass is 32.1. The van der Waals surface area contributed by atoms with Crippen molar-refractivity contribution < 1.29 is 9.53 Å². The monoisotopic (exact) mass is 408 g/mol. The van der Waals surface area contributed by atoms with E-state index in [4.69, 9.17) is 17.0 Å². The number of rotatable bonds is 8. The number of benzene rings is 2. The molecule has 0 amide bonds. The first-order valence-corrected chi connectivity index (χ1v) is 10.6. The van der Waals surface area contributed by atoms with E-state index in [1.807, 2.05) is 66.4 Å². The number of thiocarbonyl (C=S) groups is 1. The van der Waals surface area contributed by atoms with Gasteiger partial charge in [-0.3, -0.25) is 4.79 Å². The molecule has 0 aliphatic carbocycles. The summed E-state index contributed by atoms with van der Waals surface area (Å²) in [6, 6.07) is 17.0. The number of ketones is 1. The summed E-state index contributed by atoms with van der Waals surface area (Å²) in [5.74, 6) is 0.821. The van der Waals surface area contributed by atoms with Crippen molar-refractivity contribution in [3.8, 4) is 5.75 Å². The van der Waals surface area contributed by atoms with E-state index in [2.05, 4.69) is 19.2 Å². The van der Waals surface area contributed by atoms with Crippen molar-refractivity contribution in [2.75, 3.05) is 13.2 Å².